The molecule has 0 bridgehead atoms. The van der Waals surface area contributed by atoms with Gasteiger partial charge in [-0.3, -0.25) is 4.90 Å². The zero-order valence-corrected chi connectivity index (χ0v) is 13.9. The number of aromatic nitrogens is 2. The van der Waals surface area contributed by atoms with E-state index >= 15 is 0 Å². The largest absolute Gasteiger partial charge is 0.379 e. The molecule has 7 heteroatoms. The summed E-state index contributed by atoms with van der Waals surface area (Å²) >= 11 is 7.72. The van der Waals surface area contributed by atoms with Crippen LogP contribution in [0, 0.1) is 0 Å². The summed E-state index contributed by atoms with van der Waals surface area (Å²) in [6.07, 6.45) is 1.08. The minimum Gasteiger partial charge on any atom is -0.379 e. The van der Waals surface area contributed by atoms with Gasteiger partial charge in [0.2, 0.25) is 5.13 Å². The molecule has 2 heterocycles. The van der Waals surface area contributed by atoms with Gasteiger partial charge in [-0.1, -0.05) is 41.1 Å². The van der Waals surface area contributed by atoms with Crippen LogP contribution in [-0.2, 0) is 4.74 Å². The number of nitrogens with zero attached hydrogens (tertiary/aromatic N) is 3. The summed E-state index contributed by atoms with van der Waals surface area (Å²) in [6, 6.07) is 7.70. The van der Waals surface area contributed by atoms with Gasteiger partial charge in [-0.15, -0.1) is 10.2 Å². The van der Waals surface area contributed by atoms with Crippen molar-refractivity contribution in [1.29, 1.82) is 0 Å². The third-order valence-electron chi connectivity index (χ3n) is 3.56. The van der Waals surface area contributed by atoms with Crippen LogP contribution < -0.4 is 5.32 Å². The van der Waals surface area contributed by atoms with Crippen molar-refractivity contribution in [2.75, 3.05) is 44.7 Å². The van der Waals surface area contributed by atoms with Crippen molar-refractivity contribution in [3.8, 4) is 10.6 Å². The molecule has 118 valence electrons. The highest BCUT2D eigenvalue weighted by Crippen LogP contribution is 2.31. The summed E-state index contributed by atoms with van der Waals surface area (Å²) in [7, 11) is 0. The van der Waals surface area contributed by atoms with Crippen LogP contribution in [0.25, 0.3) is 10.6 Å². The van der Waals surface area contributed by atoms with Crippen LogP contribution in [0.2, 0.25) is 5.02 Å². The zero-order chi connectivity index (χ0) is 15.2. The van der Waals surface area contributed by atoms with Gasteiger partial charge in [0.05, 0.1) is 18.2 Å². The molecule has 1 saturated heterocycles. The molecule has 0 amide bonds. The monoisotopic (exact) mass is 338 g/mol. The van der Waals surface area contributed by atoms with Gasteiger partial charge < -0.3 is 10.1 Å². The molecule has 0 spiro atoms. The van der Waals surface area contributed by atoms with Crippen LogP contribution in [-0.4, -0.2) is 54.5 Å². The molecule has 5 nitrogen and oxygen atoms in total. The first-order valence-electron chi connectivity index (χ1n) is 7.45. The Balaban J connectivity index is 1.47. The second kappa shape index (κ2) is 7.87. The highest BCUT2D eigenvalue weighted by atomic mass is 35.5. The fourth-order valence-electron chi connectivity index (χ4n) is 2.36. The fourth-order valence-corrected chi connectivity index (χ4v) is 3.45. The van der Waals surface area contributed by atoms with Gasteiger partial charge in [0.25, 0.3) is 0 Å². The normalized spacial score (nSPS) is 15.9. The lowest BCUT2D eigenvalue weighted by Gasteiger charge is -2.26. The topological polar surface area (TPSA) is 50.3 Å². The third kappa shape index (κ3) is 4.16. The van der Waals surface area contributed by atoms with E-state index in [2.05, 4.69) is 20.4 Å². The lowest BCUT2D eigenvalue weighted by atomic mass is 10.2. The molecule has 0 saturated carbocycles. The molecular formula is C15H19ClN4OS. The maximum Gasteiger partial charge on any atom is 0.206 e. The van der Waals surface area contributed by atoms with Gasteiger partial charge >= 0.3 is 0 Å². The zero-order valence-electron chi connectivity index (χ0n) is 12.3. The van der Waals surface area contributed by atoms with Crippen LogP contribution in [0.5, 0.6) is 0 Å². The number of hydrogen-bond donors (Lipinski definition) is 1. The van der Waals surface area contributed by atoms with E-state index in [9.17, 15) is 0 Å². The highest BCUT2D eigenvalue weighted by molar-refractivity contribution is 7.18. The van der Waals surface area contributed by atoms with Crippen LogP contribution in [0.15, 0.2) is 24.3 Å². The van der Waals surface area contributed by atoms with Crippen molar-refractivity contribution in [2.45, 2.75) is 6.42 Å². The highest BCUT2D eigenvalue weighted by Gasteiger charge is 2.11. The quantitative estimate of drug-likeness (QED) is 0.820. The number of morpholine rings is 1. The summed E-state index contributed by atoms with van der Waals surface area (Å²) in [5.74, 6) is 0. The van der Waals surface area contributed by atoms with Gasteiger partial charge in [-0.2, -0.15) is 0 Å². The van der Waals surface area contributed by atoms with Crippen LogP contribution in [0.1, 0.15) is 6.42 Å². The van der Waals surface area contributed by atoms with Crippen LogP contribution in [0.3, 0.4) is 0 Å². The van der Waals surface area contributed by atoms with E-state index in [1.807, 2.05) is 24.3 Å². The summed E-state index contributed by atoms with van der Waals surface area (Å²) in [5, 5.41) is 14.1. The van der Waals surface area contributed by atoms with E-state index < -0.39 is 0 Å². The van der Waals surface area contributed by atoms with Gasteiger partial charge in [-0.25, -0.2) is 0 Å². The Morgan fingerprint density at radius 3 is 2.86 bits per heavy atom. The Morgan fingerprint density at radius 2 is 2.05 bits per heavy atom. The van der Waals surface area contributed by atoms with Gasteiger partial charge in [0.1, 0.15) is 0 Å². The second-order valence-electron chi connectivity index (χ2n) is 5.13. The molecule has 0 radical (unpaired) electrons. The smallest absolute Gasteiger partial charge is 0.206 e. The summed E-state index contributed by atoms with van der Waals surface area (Å²) in [6.45, 7) is 5.77. The van der Waals surface area contributed by atoms with Crippen molar-refractivity contribution in [2.24, 2.45) is 0 Å². The first kappa shape index (κ1) is 15.7. The minimum absolute atomic E-state index is 0.706. The molecule has 1 aliphatic rings. The second-order valence-corrected chi connectivity index (χ2v) is 6.51. The van der Waals surface area contributed by atoms with Gasteiger partial charge in [0, 0.05) is 25.2 Å². The Labute approximate surface area is 139 Å². The number of anilines is 1. The van der Waals surface area contributed by atoms with Crippen molar-refractivity contribution in [1.82, 2.24) is 15.1 Å². The van der Waals surface area contributed by atoms with Gasteiger partial charge in [0.15, 0.2) is 5.01 Å². The fraction of sp³-hybridized carbons (Fsp3) is 0.467. The summed E-state index contributed by atoms with van der Waals surface area (Å²) in [4.78, 5) is 2.43. The molecule has 2 aromatic rings. The van der Waals surface area contributed by atoms with E-state index in [4.69, 9.17) is 16.3 Å². The number of hydrogen-bond acceptors (Lipinski definition) is 6. The molecular weight excluding hydrogens is 320 g/mol. The molecule has 0 atom stereocenters. The Morgan fingerprint density at radius 1 is 1.23 bits per heavy atom. The minimum atomic E-state index is 0.706. The van der Waals surface area contributed by atoms with E-state index in [0.29, 0.717) is 5.02 Å². The van der Waals surface area contributed by atoms with E-state index in [-0.39, 0.29) is 0 Å². The predicted octanol–water partition coefficient (Wildman–Crippen LogP) is 2.99. The van der Waals surface area contributed by atoms with Crippen molar-refractivity contribution in [3.05, 3.63) is 29.3 Å². The predicted molar refractivity (Wildman–Crippen MR) is 90.7 cm³/mol. The molecule has 1 aliphatic heterocycles. The average molecular weight is 339 g/mol. The maximum absolute atomic E-state index is 6.18. The molecule has 1 N–H and O–H groups in total. The Kier molecular flexibility index (Phi) is 5.61. The van der Waals surface area contributed by atoms with Crippen molar-refractivity contribution >= 4 is 28.1 Å². The third-order valence-corrected chi connectivity index (χ3v) is 4.80. The molecule has 0 unspecified atom stereocenters. The van der Waals surface area contributed by atoms with Crippen LogP contribution >= 0.6 is 22.9 Å². The van der Waals surface area contributed by atoms with E-state index in [1.54, 1.807) is 0 Å². The molecule has 22 heavy (non-hydrogen) atoms. The number of rotatable bonds is 6. The molecule has 1 aromatic heterocycles. The van der Waals surface area contributed by atoms with Crippen molar-refractivity contribution < 1.29 is 4.74 Å². The number of ether oxygens (including phenoxy) is 1. The molecule has 1 aromatic carbocycles. The molecule has 1 fully saturated rings. The van der Waals surface area contributed by atoms with E-state index in [1.165, 1.54) is 11.3 Å². The Bertz CT molecular complexity index is 601. The van der Waals surface area contributed by atoms with Crippen LogP contribution in [0.4, 0.5) is 5.13 Å². The summed E-state index contributed by atoms with van der Waals surface area (Å²) in [5.41, 5.74) is 0.933. The first-order valence-corrected chi connectivity index (χ1v) is 8.65. The lowest BCUT2D eigenvalue weighted by molar-refractivity contribution is 0.0378. The van der Waals surface area contributed by atoms with E-state index in [0.717, 1.165) is 61.5 Å². The summed E-state index contributed by atoms with van der Waals surface area (Å²) < 4.78 is 5.35. The SMILES string of the molecule is Clc1ccccc1-c1nnc(NCCCN2CCOCC2)s1. The maximum atomic E-state index is 6.18. The van der Waals surface area contributed by atoms with Crippen molar-refractivity contribution in [3.63, 3.8) is 0 Å². The number of benzene rings is 1. The van der Waals surface area contributed by atoms with Gasteiger partial charge in [-0.05, 0) is 19.0 Å². The standard InChI is InChI=1S/C15H19ClN4OS/c16-13-5-2-1-4-12(13)14-18-19-15(22-14)17-6-3-7-20-8-10-21-11-9-20/h1-2,4-5H,3,6-11H2,(H,17,19). The Hall–Kier alpha value is -1.21. The molecule has 3 rings (SSSR count). The number of nitrogens with one attached hydrogen (secondary N) is 1. The average Bonchev–Trinajstić information content (AvgIpc) is 3.02. The number of halogens is 1. The molecule has 0 aliphatic carbocycles. The lowest BCUT2D eigenvalue weighted by Crippen LogP contribution is -2.37. The first-order chi connectivity index (χ1) is 10.8.